The SMILES string of the molecule is COc1cc(C(=O)N2CC[C@@H](OC)[C@@H](N)C2)cc2nc(-c3cc4ccc5nc4n3CCCCCc3nccc(Cl)c3C(=O)N[C@@H]5C)n(C)c12. The Hall–Kier alpha value is -4.52. The molecular weight excluding hydrogens is 644 g/mol. The Balaban J connectivity index is 1.28. The van der Waals surface area contributed by atoms with E-state index in [0.29, 0.717) is 65.6 Å². The van der Waals surface area contributed by atoms with Gasteiger partial charge in [-0.05, 0) is 69.0 Å². The number of aromatic nitrogens is 5. The molecule has 7 rings (SSSR count). The lowest BCUT2D eigenvalue weighted by atomic mass is 10.0. The van der Waals surface area contributed by atoms with E-state index in [1.165, 1.54) is 0 Å². The number of nitrogens with two attached hydrogens (primary N) is 1. The second kappa shape index (κ2) is 13.4. The lowest BCUT2D eigenvalue weighted by Gasteiger charge is -2.36. The van der Waals surface area contributed by atoms with Crippen molar-refractivity contribution in [2.24, 2.45) is 12.8 Å². The number of aryl methyl sites for hydroxylation is 3. The molecule has 1 fully saturated rings. The number of fused-ring (bicyclic) bond motifs is 3. The van der Waals surface area contributed by atoms with Crippen LogP contribution in [0.5, 0.6) is 5.75 Å². The number of halogens is 1. The van der Waals surface area contributed by atoms with Gasteiger partial charge in [0.2, 0.25) is 0 Å². The van der Waals surface area contributed by atoms with Crippen molar-refractivity contribution in [1.29, 1.82) is 0 Å². The molecule has 0 unspecified atom stereocenters. The molecule has 13 heteroatoms. The van der Waals surface area contributed by atoms with Crippen LogP contribution in [0.3, 0.4) is 0 Å². The first-order valence-corrected chi connectivity index (χ1v) is 17.1. The molecule has 6 heterocycles. The van der Waals surface area contributed by atoms with E-state index in [4.69, 9.17) is 36.8 Å². The minimum atomic E-state index is -0.374. The summed E-state index contributed by atoms with van der Waals surface area (Å²) in [7, 11) is 5.22. The number of benzene rings is 1. The van der Waals surface area contributed by atoms with Crippen molar-refractivity contribution >= 4 is 45.5 Å². The third-order valence-corrected chi connectivity index (χ3v) is 10.2. The number of nitrogens with zero attached hydrogens (tertiary/aromatic N) is 6. The maximum atomic E-state index is 13.7. The van der Waals surface area contributed by atoms with Crippen LogP contribution in [0.2, 0.25) is 5.02 Å². The van der Waals surface area contributed by atoms with E-state index in [2.05, 4.69) is 20.9 Å². The predicted molar refractivity (Wildman–Crippen MR) is 188 cm³/mol. The molecule has 3 N–H and O–H groups in total. The van der Waals surface area contributed by atoms with E-state index in [0.717, 1.165) is 53.0 Å². The van der Waals surface area contributed by atoms with Crippen molar-refractivity contribution in [3.8, 4) is 17.3 Å². The fourth-order valence-electron chi connectivity index (χ4n) is 7.22. The van der Waals surface area contributed by atoms with Crippen molar-refractivity contribution in [1.82, 2.24) is 34.3 Å². The normalized spacial score (nSPS) is 20.3. The van der Waals surface area contributed by atoms with Crippen LogP contribution in [-0.2, 0) is 24.8 Å². The Morgan fingerprint density at radius 1 is 1.08 bits per heavy atom. The molecule has 49 heavy (non-hydrogen) atoms. The minimum Gasteiger partial charge on any atom is -0.494 e. The molecule has 256 valence electrons. The maximum absolute atomic E-state index is 13.7. The Bertz CT molecular complexity index is 2070. The zero-order valence-electron chi connectivity index (χ0n) is 28.2. The number of hydrogen-bond donors (Lipinski definition) is 2. The Kier molecular flexibility index (Phi) is 9.03. The van der Waals surface area contributed by atoms with Gasteiger partial charge >= 0.3 is 0 Å². The van der Waals surface area contributed by atoms with Crippen LogP contribution in [0, 0.1) is 0 Å². The van der Waals surface area contributed by atoms with Gasteiger partial charge in [0.05, 0.1) is 52.4 Å². The highest BCUT2D eigenvalue weighted by Gasteiger charge is 2.31. The summed E-state index contributed by atoms with van der Waals surface area (Å²) < 4.78 is 15.6. The number of ether oxygens (including phenoxy) is 2. The number of nitrogens with one attached hydrogen (secondary N) is 1. The molecule has 1 saturated heterocycles. The molecule has 12 nitrogen and oxygen atoms in total. The van der Waals surface area contributed by atoms with Crippen LogP contribution in [0.4, 0.5) is 0 Å². The Labute approximate surface area is 289 Å². The molecule has 0 aliphatic carbocycles. The molecule has 2 aliphatic heterocycles. The lowest BCUT2D eigenvalue weighted by molar-refractivity contribution is 0.0227. The van der Waals surface area contributed by atoms with Gasteiger partial charge in [-0.2, -0.15) is 0 Å². The predicted octanol–water partition coefficient (Wildman–Crippen LogP) is 5.05. The molecule has 1 aromatic carbocycles. The van der Waals surface area contributed by atoms with Gasteiger partial charge in [-0.1, -0.05) is 18.0 Å². The second-order valence-corrected chi connectivity index (χ2v) is 13.4. The number of methoxy groups -OCH3 is 2. The highest BCUT2D eigenvalue weighted by atomic mass is 35.5. The fourth-order valence-corrected chi connectivity index (χ4v) is 7.47. The first kappa shape index (κ1) is 33.0. The summed E-state index contributed by atoms with van der Waals surface area (Å²) in [5.41, 5.74) is 11.8. The molecular formula is C36H41ClN8O4. The topological polar surface area (TPSA) is 142 Å². The minimum absolute atomic E-state index is 0.0664. The van der Waals surface area contributed by atoms with Gasteiger partial charge in [0.25, 0.3) is 11.8 Å². The van der Waals surface area contributed by atoms with Gasteiger partial charge in [-0.3, -0.25) is 14.6 Å². The number of likely N-dealkylation sites (tertiary alicyclic amines) is 1. The summed E-state index contributed by atoms with van der Waals surface area (Å²) in [6.07, 6.45) is 5.57. The number of piperidine rings is 1. The number of imidazole rings is 1. The molecule has 0 radical (unpaired) electrons. The van der Waals surface area contributed by atoms with Crippen LogP contribution in [0.15, 0.2) is 42.6 Å². The maximum Gasteiger partial charge on any atom is 0.255 e. The molecule has 3 atom stereocenters. The van der Waals surface area contributed by atoms with E-state index < -0.39 is 0 Å². The third kappa shape index (κ3) is 6.02. The van der Waals surface area contributed by atoms with E-state index in [1.807, 2.05) is 36.7 Å². The van der Waals surface area contributed by atoms with Gasteiger partial charge in [0.15, 0.2) is 5.82 Å². The smallest absolute Gasteiger partial charge is 0.255 e. The molecule has 0 spiro atoms. The number of carbonyl (C=O) groups excluding carboxylic acids is 2. The summed E-state index contributed by atoms with van der Waals surface area (Å²) in [5, 5.41) is 4.45. The highest BCUT2D eigenvalue weighted by molar-refractivity contribution is 6.34. The van der Waals surface area contributed by atoms with Gasteiger partial charge < -0.3 is 34.6 Å². The zero-order valence-corrected chi connectivity index (χ0v) is 29.0. The van der Waals surface area contributed by atoms with E-state index in [-0.39, 0.29) is 30.0 Å². The van der Waals surface area contributed by atoms with Gasteiger partial charge in [0.1, 0.15) is 16.9 Å². The van der Waals surface area contributed by atoms with E-state index in [9.17, 15) is 9.59 Å². The quantitative estimate of drug-likeness (QED) is 0.268. The van der Waals surface area contributed by atoms with Crippen LogP contribution >= 0.6 is 11.6 Å². The van der Waals surface area contributed by atoms with Crippen LogP contribution in [-0.4, -0.2) is 80.3 Å². The fraction of sp³-hybridized carbons (Fsp3) is 0.417. The molecule has 5 aromatic rings. The third-order valence-electron chi connectivity index (χ3n) is 9.87. The van der Waals surface area contributed by atoms with Gasteiger partial charge in [-0.15, -0.1) is 0 Å². The van der Waals surface area contributed by atoms with Crippen molar-refractivity contribution in [3.63, 3.8) is 0 Å². The van der Waals surface area contributed by atoms with Gasteiger partial charge in [0, 0.05) is 57.0 Å². The standard InChI is InChI=1S/C36H41ClN8O4/c1-20-25-10-9-21-17-28(45(33(21)41-25)14-7-5-6-8-26-31(35(46)40-20)23(37)11-13-39-26)34-42-27-16-22(18-30(49-4)32(27)43(34)2)36(47)44-15-12-29(48-3)24(38)19-44/h9-11,13,16-18,20,24,29H,5-8,12,14-15,19,38H2,1-4H3,(H,40,46)/t20-,24+,29-/m1/s1. The number of pyridine rings is 2. The zero-order chi connectivity index (χ0) is 34.4. The summed E-state index contributed by atoms with van der Waals surface area (Å²) in [5.74, 6) is 0.923. The molecule has 0 saturated carbocycles. The summed E-state index contributed by atoms with van der Waals surface area (Å²) >= 11 is 6.49. The first-order valence-electron chi connectivity index (χ1n) is 16.7. The summed E-state index contributed by atoms with van der Waals surface area (Å²) in [6.45, 7) is 3.61. The van der Waals surface area contributed by atoms with Gasteiger partial charge in [-0.25, -0.2) is 9.97 Å². The Morgan fingerprint density at radius 3 is 2.69 bits per heavy atom. The molecule has 2 amide bonds. The number of rotatable bonds is 4. The first-order chi connectivity index (χ1) is 23.7. The van der Waals surface area contributed by atoms with Crippen molar-refractivity contribution in [2.75, 3.05) is 27.3 Å². The number of carbonyl (C=O) groups is 2. The van der Waals surface area contributed by atoms with Crippen LogP contribution in [0.1, 0.15) is 70.8 Å². The van der Waals surface area contributed by atoms with Crippen molar-refractivity contribution in [2.45, 2.75) is 63.8 Å². The van der Waals surface area contributed by atoms with Crippen LogP contribution in [0.25, 0.3) is 33.6 Å². The molecule has 4 aromatic heterocycles. The largest absolute Gasteiger partial charge is 0.494 e. The monoisotopic (exact) mass is 684 g/mol. The second-order valence-electron chi connectivity index (χ2n) is 13.0. The average molecular weight is 685 g/mol. The Morgan fingerprint density at radius 2 is 1.92 bits per heavy atom. The van der Waals surface area contributed by atoms with E-state index in [1.54, 1.807) is 37.4 Å². The van der Waals surface area contributed by atoms with Crippen LogP contribution < -0.4 is 15.8 Å². The van der Waals surface area contributed by atoms with Crippen molar-refractivity contribution < 1.29 is 19.1 Å². The van der Waals surface area contributed by atoms with Crippen molar-refractivity contribution in [3.05, 3.63) is 70.1 Å². The lowest BCUT2D eigenvalue weighted by Crippen LogP contribution is -2.53. The van der Waals surface area contributed by atoms with E-state index >= 15 is 0 Å². The molecule has 2 aliphatic rings. The average Bonchev–Trinajstić information content (AvgIpc) is 3.63. The number of hydrogen-bond acceptors (Lipinski definition) is 8. The summed E-state index contributed by atoms with van der Waals surface area (Å²) in [4.78, 5) is 43.6. The number of amides is 2. The molecule has 2 bridgehead atoms. The highest BCUT2D eigenvalue weighted by Crippen LogP contribution is 2.35. The summed E-state index contributed by atoms with van der Waals surface area (Å²) in [6, 6.07) is 10.7.